The summed E-state index contributed by atoms with van der Waals surface area (Å²) in [6.07, 6.45) is 0. The number of hydrogen-bond donors (Lipinski definition) is 2. The van der Waals surface area contributed by atoms with Crippen LogP contribution < -0.4 is 5.32 Å². The lowest BCUT2D eigenvalue weighted by Gasteiger charge is -2.23. The van der Waals surface area contributed by atoms with E-state index in [9.17, 15) is 0 Å². The number of guanidine groups is 1. The maximum atomic E-state index is 9.08. The van der Waals surface area contributed by atoms with Gasteiger partial charge in [0, 0.05) is 37.8 Å². The van der Waals surface area contributed by atoms with Gasteiger partial charge in [0.15, 0.2) is 5.96 Å². The number of halogens is 2. The van der Waals surface area contributed by atoms with E-state index < -0.39 is 0 Å². The molecule has 120 valence electrons. The van der Waals surface area contributed by atoms with E-state index in [-0.39, 0.29) is 36.5 Å². The third kappa shape index (κ3) is 7.46. The fraction of sp³-hybridized carbons (Fsp3) is 0.533. The Hall–Kier alpha value is -0.340. The fourth-order valence-corrected chi connectivity index (χ4v) is 2.14. The van der Waals surface area contributed by atoms with Gasteiger partial charge in [-0.25, -0.2) is 0 Å². The van der Waals surface area contributed by atoms with Gasteiger partial charge in [-0.05, 0) is 24.5 Å². The summed E-state index contributed by atoms with van der Waals surface area (Å²) in [6, 6.07) is 8.18. The van der Waals surface area contributed by atoms with Crippen LogP contribution in [0.25, 0.3) is 0 Å². The van der Waals surface area contributed by atoms with E-state index in [4.69, 9.17) is 5.11 Å². The van der Waals surface area contributed by atoms with Crippen molar-refractivity contribution in [1.82, 2.24) is 10.2 Å². The summed E-state index contributed by atoms with van der Waals surface area (Å²) < 4.78 is 1.10. The van der Waals surface area contributed by atoms with Crippen LogP contribution >= 0.6 is 39.9 Å². The Morgan fingerprint density at radius 2 is 2.10 bits per heavy atom. The van der Waals surface area contributed by atoms with E-state index in [1.807, 2.05) is 32.2 Å². The van der Waals surface area contributed by atoms with Crippen LogP contribution in [0.3, 0.4) is 0 Å². The van der Waals surface area contributed by atoms with Crippen molar-refractivity contribution in [2.24, 2.45) is 10.9 Å². The number of aliphatic imine (C=N–C) groups is 1. The second kappa shape index (κ2) is 11.3. The molecule has 0 spiro atoms. The normalized spacial score (nSPS) is 12.5. The smallest absolute Gasteiger partial charge is 0.193 e. The fourth-order valence-electron chi connectivity index (χ4n) is 1.73. The van der Waals surface area contributed by atoms with Gasteiger partial charge in [0.2, 0.25) is 0 Å². The standard InChI is InChI=1S/C15H24BrN3O.HI/c1-4-17-15(18-9-12(2)11-20)19(3)10-13-7-5-6-8-14(13)16;/h5-8,12,20H,4,9-11H2,1-3H3,(H,17,18);1H. The number of aliphatic hydroxyl groups excluding tert-OH is 1. The SMILES string of the molecule is CCNC(=NCC(C)CO)N(C)Cc1ccccc1Br.I. The third-order valence-corrected chi connectivity index (χ3v) is 3.70. The minimum atomic E-state index is 0. The summed E-state index contributed by atoms with van der Waals surface area (Å²) in [4.78, 5) is 6.66. The molecule has 2 N–H and O–H groups in total. The molecule has 0 aliphatic rings. The van der Waals surface area contributed by atoms with Crippen LogP contribution in [0.5, 0.6) is 0 Å². The Bertz CT molecular complexity index is 443. The van der Waals surface area contributed by atoms with Gasteiger partial charge in [-0.2, -0.15) is 0 Å². The van der Waals surface area contributed by atoms with Crippen LogP contribution in [0.1, 0.15) is 19.4 Å². The number of rotatable bonds is 6. The first-order chi connectivity index (χ1) is 9.58. The molecule has 6 heteroatoms. The van der Waals surface area contributed by atoms with Crippen molar-refractivity contribution < 1.29 is 5.11 Å². The van der Waals surface area contributed by atoms with E-state index in [2.05, 4.69) is 44.1 Å². The van der Waals surface area contributed by atoms with Crippen molar-refractivity contribution in [3.05, 3.63) is 34.3 Å². The van der Waals surface area contributed by atoms with Gasteiger partial charge in [0.05, 0.1) is 0 Å². The summed E-state index contributed by atoms with van der Waals surface area (Å²) in [5.41, 5.74) is 1.22. The maximum absolute atomic E-state index is 9.08. The molecule has 1 atom stereocenters. The minimum absolute atomic E-state index is 0. The second-order valence-electron chi connectivity index (χ2n) is 4.93. The van der Waals surface area contributed by atoms with Gasteiger partial charge in [0.25, 0.3) is 0 Å². The Morgan fingerprint density at radius 3 is 2.67 bits per heavy atom. The molecule has 0 heterocycles. The van der Waals surface area contributed by atoms with Crippen molar-refractivity contribution >= 4 is 45.9 Å². The first-order valence-corrected chi connectivity index (χ1v) is 7.71. The molecule has 0 aliphatic carbocycles. The van der Waals surface area contributed by atoms with Gasteiger partial charge < -0.3 is 15.3 Å². The monoisotopic (exact) mass is 469 g/mol. The first-order valence-electron chi connectivity index (χ1n) is 6.92. The van der Waals surface area contributed by atoms with Crippen LogP contribution in [0, 0.1) is 5.92 Å². The second-order valence-corrected chi connectivity index (χ2v) is 5.78. The minimum Gasteiger partial charge on any atom is -0.396 e. The highest BCUT2D eigenvalue weighted by atomic mass is 127. The van der Waals surface area contributed by atoms with Crippen molar-refractivity contribution in [1.29, 1.82) is 0 Å². The highest BCUT2D eigenvalue weighted by Gasteiger charge is 2.09. The summed E-state index contributed by atoms with van der Waals surface area (Å²) in [7, 11) is 2.02. The number of nitrogens with zero attached hydrogens (tertiary/aromatic N) is 2. The van der Waals surface area contributed by atoms with E-state index in [0.29, 0.717) is 6.54 Å². The van der Waals surface area contributed by atoms with Gasteiger partial charge in [-0.3, -0.25) is 4.99 Å². The van der Waals surface area contributed by atoms with Crippen molar-refractivity contribution in [2.45, 2.75) is 20.4 Å². The van der Waals surface area contributed by atoms with E-state index >= 15 is 0 Å². The lowest BCUT2D eigenvalue weighted by Crippen LogP contribution is -2.39. The van der Waals surface area contributed by atoms with Crippen LogP contribution in [0.4, 0.5) is 0 Å². The van der Waals surface area contributed by atoms with Crippen LogP contribution in [0.15, 0.2) is 33.7 Å². The number of nitrogens with one attached hydrogen (secondary N) is 1. The molecule has 1 aromatic carbocycles. The van der Waals surface area contributed by atoms with Gasteiger partial charge in [-0.15, -0.1) is 24.0 Å². The first kappa shape index (κ1) is 20.7. The lowest BCUT2D eigenvalue weighted by molar-refractivity contribution is 0.241. The van der Waals surface area contributed by atoms with Crippen molar-refractivity contribution in [3.8, 4) is 0 Å². The third-order valence-electron chi connectivity index (χ3n) is 2.93. The summed E-state index contributed by atoms with van der Waals surface area (Å²) in [5, 5.41) is 12.4. The molecule has 1 rings (SSSR count). The molecule has 0 amide bonds. The average Bonchev–Trinajstić information content (AvgIpc) is 2.45. The van der Waals surface area contributed by atoms with E-state index in [1.165, 1.54) is 5.56 Å². The molecule has 4 nitrogen and oxygen atoms in total. The lowest BCUT2D eigenvalue weighted by atomic mass is 10.2. The topological polar surface area (TPSA) is 47.9 Å². The van der Waals surface area contributed by atoms with E-state index in [0.717, 1.165) is 23.5 Å². The molecular weight excluding hydrogens is 445 g/mol. The number of aliphatic hydroxyl groups is 1. The summed E-state index contributed by atoms with van der Waals surface area (Å²) in [6.45, 7) is 6.43. The molecule has 0 fully saturated rings. The van der Waals surface area contributed by atoms with Crippen LogP contribution in [0.2, 0.25) is 0 Å². The molecule has 1 unspecified atom stereocenters. The van der Waals surface area contributed by atoms with Gasteiger partial charge in [0.1, 0.15) is 0 Å². The molecule has 0 aromatic heterocycles. The molecule has 1 aromatic rings. The average molecular weight is 470 g/mol. The Labute approximate surface area is 153 Å². The Balaban J connectivity index is 0.00000400. The quantitative estimate of drug-likeness (QED) is 0.382. The predicted octanol–water partition coefficient (Wildman–Crippen LogP) is 3.09. The molecule has 0 saturated heterocycles. The summed E-state index contributed by atoms with van der Waals surface area (Å²) in [5.74, 6) is 1.05. The zero-order valence-electron chi connectivity index (χ0n) is 12.8. The van der Waals surface area contributed by atoms with Crippen LogP contribution in [-0.4, -0.2) is 42.7 Å². The zero-order valence-corrected chi connectivity index (χ0v) is 16.8. The van der Waals surface area contributed by atoms with Gasteiger partial charge >= 0.3 is 0 Å². The highest BCUT2D eigenvalue weighted by molar-refractivity contribution is 14.0. The Kier molecular flexibility index (Phi) is 11.1. The van der Waals surface area contributed by atoms with Crippen molar-refractivity contribution in [3.63, 3.8) is 0 Å². The predicted molar refractivity (Wildman–Crippen MR) is 103 cm³/mol. The van der Waals surface area contributed by atoms with E-state index in [1.54, 1.807) is 0 Å². The maximum Gasteiger partial charge on any atom is 0.193 e. The highest BCUT2D eigenvalue weighted by Crippen LogP contribution is 2.17. The zero-order chi connectivity index (χ0) is 15.0. The molecule has 0 saturated carbocycles. The molecular formula is C15H25BrIN3O. The molecule has 0 bridgehead atoms. The molecule has 0 aliphatic heterocycles. The Morgan fingerprint density at radius 1 is 1.43 bits per heavy atom. The summed E-state index contributed by atoms with van der Waals surface area (Å²) >= 11 is 3.57. The van der Waals surface area contributed by atoms with Crippen LogP contribution in [-0.2, 0) is 6.54 Å². The largest absolute Gasteiger partial charge is 0.396 e. The van der Waals surface area contributed by atoms with Crippen molar-refractivity contribution in [2.75, 3.05) is 26.7 Å². The number of hydrogen-bond acceptors (Lipinski definition) is 2. The molecule has 21 heavy (non-hydrogen) atoms. The molecule has 0 radical (unpaired) electrons. The number of benzene rings is 1. The van der Waals surface area contributed by atoms with Gasteiger partial charge in [-0.1, -0.05) is 41.1 Å².